The highest BCUT2D eigenvalue weighted by Crippen LogP contribution is 2.28. The fourth-order valence-corrected chi connectivity index (χ4v) is 3.42. The number of benzene rings is 1. The molecular weight excluding hydrogens is 352 g/mol. The minimum atomic E-state index is 0. The third-order valence-corrected chi connectivity index (χ3v) is 4.78. The van der Waals surface area contributed by atoms with Gasteiger partial charge in [0.05, 0.1) is 24.3 Å². The Morgan fingerprint density at radius 2 is 1.96 bits per heavy atom. The highest BCUT2D eigenvalue weighted by molar-refractivity contribution is 5.85. The second-order valence-electron chi connectivity index (χ2n) is 6.52. The number of hydrogen-bond donors (Lipinski definition) is 2. The predicted molar refractivity (Wildman–Crippen MR) is 106 cm³/mol. The monoisotopic (exact) mass is 376 g/mol. The molecule has 1 saturated heterocycles. The Bertz CT molecular complexity index is 850. The summed E-state index contributed by atoms with van der Waals surface area (Å²) in [7, 11) is 1.68. The minimum absolute atomic E-state index is 0. The fraction of sp³-hybridized carbons (Fsp3) is 0.368. The van der Waals surface area contributed by atoms with Crippen LogP contribution in [0.2, 0.25) is 0 Å². The molecule has 1 aromatic carbocycles. The van der Waals surface area contributed by atoms with Crippen molar-refractivity contribution < 1.29 is 10.2 Å². The number of nitrogens with zero attached hydrogens (tertiary/aromatic N) is 2. The number of fused-ring (bicyclic) bond motifs is 1. The normalized spacial score (nSPS) is 19.5. The summed E-state index contributed by atoms with van der Waals surface area (Å²) in [6.07, 6.45) is 4.12. The van der Waals surface area contributed by atoms with Gasteiger partial charge in [0.25, 0.3) is 0 Å². The molecule has 0 saturated carbocycles. The zero-order valence-corrected chi connectivity index (χ0v) is 15.8. The van der Waals surface area contributed by atoms with E-state index in [0.29, 0.717) is 12.0 Å². The summed E-state index contributed by atoms with van der Waals surface area (Å²) >= 11 is 0. The average molecular weight is 377 g/mol. The number of hydrogen-bond acceptors (Lipinski definition) is 4. The Balaban J connectivity index is 0.00000121. The molecule has 26 heavy (non-hydrogen) atoms. The molecule has 2 aromatic heterocycles. The first-order chi connectivity index (χ1) is 11.7. The molecule has 7 heteroatoms. The topological polar surface area (TPSA) is 94.3 Å². The summed E-state index contributed by atoms with van der Waals surface area (Å²) in [5, 5.41) is 3.48. The molecule has 1 fully saturated rings. The van der Waals surface area contributed by atoms with E-state index in [9.17, 15) is 0 Å². The molecule has 4 rings (SSSR count). The van der Waals surface area contributed by atoms with E-state index in [1.165, 1.54) is 0 Å². The zero-order valence-electron chi connectivity index (χ0n) is 15.0. The van der Waals surface area contributed by atoms with Crippen LogP contribution < -0.4 is 10.1 Å². The molecular formula is C19H25ClN4O2. The lowest BCUT2D eigenvalue weighted by Gasteiger charge is -2.26. The molecule has 3 heterocycles. The molecule has 140 valence electrons. The van der Waals surface area contributed by atoms with Crippen LogP contribution in [0.3, 0.4) is 0 Å². The summed E-state index contributed by atoms with van der Waals surface area (Å²) in [5.41, 5.74) is 4.13. The maximum atomic E-state index is 5.22. The molecule has 0 amide bonds. The van der Waals surface area contributed by atoms with Crippen LogP contribution in [-0.2, 0) is 0 Å². The summed E-state index contributed by atoms with van der Waals surface area (Å²) in [5.74, 6) is 2.28. The number of H-pyrrole nitrogens is 1. The zero-order chi connectivity index (χ0) is 16.5. The van der Waals surface area contributed by atoms with Crippen molar-refractivity contribution >= 4 is 23.4 Å². The van der Waals surface area contributed by atoms with Crippen molar-refractivity contribution in [3.63, 3.8) is 0 Å². The number of piperidine rings is 1. The summed E-state index contributed by atoms with van der Waals surface area (Å²) in [6.45, 7) is 3.26. The van der Waals surface area contributed by atoms with E-state index >= 15 is 0 Å². The molecule has 4 N–H and O–H groups in total. The Hall–Kier alpha value is -2.15. The number of aromatic nitrogens is 3. The summed E-state index contributed by atoms with van der Waals surface area (Å²) in [4.78, 5) is 12.8. The fourth-order valence-electron chi connectivity index (χ4n) is 3.42. The number of methoxy groups -OCH3 is 1. The van der Waals surface area contributed by atoms with E-state index in [1.807, 2.05) is 30.5 Å². The van der Waals surface area contributed by atoms with Crippen molar-refractivity contribution in [3.05, 3.63) is 42.4 Å². The van der Waals surface area contributed by atoms with Gasteiger partial charge >= 0.3 is 0 Å². The van der Waals surface area contributed by atoms with Crippen LogP contribution in [0, 0.1) is 0 Å². The van der Waals surface area contributed by atoms with Crippen molar-refractivity contribution in [1.29, 1.82) is 0 Å². The Morgan fingerprint density at radius 3 is 2.65 bits per heavy atom. The predicted octanol–water partition coefficient (Wildman–Crippen LogP) is 3.09. The molecule has 1 aliphatic rings. The number of rotatable bonds is 3. The average Bonchev–Trinajstić information content (AvgIpc) is 3.05. The van der Waals surface area contributed by atoms with Gasteiger partial charge < -0.3 is 20.5 Å². The highest BCUT2D eigenvalue weighted by atomic mass is 35.5. The number of nitrogens with one attached hydrogen (secondary N) is 2. The van der Waals surface area contributed by atoms with Crippen LogP contribution in [0.5, 0.6) is 5.75 Å². The molecule has 0 aliphatic carbocycles. The van der Waals surface area contributed by atoms with E-state index in [4.69, 9.17) is 9.72 Å². The summed E-state index contributed by atoms with van der Waals surface area (Å²) < 4.78 is 5.22. The molecule has 3 aromatic rings. The van der Waals surface area contributed by atoms with E-state index < -0.39 is 0 Å². The van der Waals surface area contributed by atoms with E-state index in [1.54, 1.807) is 7.11 Å². The first kappa shape index (κ1) is 20.2. The minimum Gasteiger partial charge on any atom is -0.497 e. The first-order valence-corrected chi connectivity index (χ1v) is 8.46. The molecule has 1 aliphatic heterocycles. The van der Waals surface area contributed by atoms with Gasteiger partial charge in [0.1, 0.15) is 11.6 Å². The SMILES string of the molecule is COc1ccc(-c2cc3nc(C4CCNC(C)C4)ncc3[nH]2)cc1.Cl.O. The van der Waals surface area contributed by atoms with E-state index in [2.05, 4.69) is 28.3 Å². The van der Waals surface area contributed by atoms with Gasteiger partial charge in [-0.05, 0) is 62.2 Å². The van der Waals surface area contributed by atoms with Gasteiger partial charge in [0, 0.05) is 17.7 Å². The van der Waals surface area contributed by atoms with Gasteiger partial charge in [-0.3, -0.25) is 0 Å². The maximum Gasteiger partial charge on any atom is 0.132 e. The highest BCUT2D eigenvalue weighted by Gasteiger charge is 2.22. The molecule has 2 atom stereocenters. The molecule has 2 unspecified atom stereocenters. The summed E-state index contributed by atoms with van der Waals surface area (Å²) in [6, 6.07) is 10.7. The molecule has 0 spiro atoms. The molecule has 6 nitrogen and oxygen atoms in total. The number of aromatic amines is 1. The van der Waals surface area contributed by atoms with Crippen molar-refractivity contribution in [2.24, 2.45) is 0 Å². The Labute approximate surface area is 159 Å². The van der Waals surface area contributed by atoms with Crippen molar-refractivity contribution in [1.82, 2.24) is 20.3 Å². The standard InChI is InChI=1S/C19H22N4O.ClH.H2O/c1-12-9-14(7-8-20-12)19-21-11-18-17(23-19)10-16(22-18)13-3-5-15(24-2)6-4-13;;/h3-6,10-12,14,20,22H,7-9H2,1-2H3;1H;1H2. The van der Waals surface area contributed by atoms with Crippen LogP contribution in [0.15, 0.2) is 36.5 Å². The lowest BCUT2D eigenvalue weighted by atomic mass is 9.92. The van der Waals surface area contributed by atoms with Crippen molar-refractivity contribution in [2.75, 3.05) is 13.7 Å². The second-order valence-corrected chi connectivity index (χ2v) is 6.52. The third kappa shape index (κ3) is 3.98. The van der Waals surface area contributed by atoms with Gasteiger partial charge in [-0.1, -0.05) is 0 Å². The van der Waals surface area contributed by atoms with Gasteiger partial charge in [0.2, 0.25) is 0 Å². The van der Waals surface area contributed by atoms with Crippen LogP contribution in [-0.4, -0.2) is 40.1 Å². The van der Waals surface area contributed by atoms with Crippen LogP contribution >= 0.6 is 12.4 Å². The van der Waals surface area contributed by atoms with Gasteiger partial charge in [0.15, 0.2) is 0 Å². The Morgan fingerprint density at radius 1 is 1.19 bits per heavy atom. The van der Waals surface area contributed by atoms with E-state index in [-0.39, 0.29) is 17.9 Å². The largest absolute Gasteiger partial charge is 0.497 e. The molecule has 0 radical (unpaired) electrons. The van der Waals surface area contributed by atoms with Crippen LogP contribution in [0.4, 0.5) is 0 Å². The van der Waals surface area contributed by atoms with Gasteiger partial charge in [-0.2, -0.15) is 0 Å². The lowest BCUT2D eigenvalue weighted by molar-refractivity contribution is 0.371. The van der Waals surface area contributed by atoms with Crippen LogP contribution in [0.1, 0.15) is 31.5 Å². The van der Waals surface area contributed by atoms with Gasteiger partial charge in [-0.15, -0.1) is 12.4 Å². The Kier molecular flexibility index (Phi) is 6.58. The maximum absolute atomic E-state index is 5.22. The smallest absolute Gasteiger partial charge is 0.132 e. The second kappa shape index (κ2) is 8.49. The third-order valence-electron chi connectivity index (χ3n) is 4.78. The van der Waals surface area contributed by atoms with Crippen LogP contribution in [0.25, 0.3) is 22.3 Å². The van der Waals surface area contributed by atoms with E-state index in [0.717, 1.165) is 53.3 Å². The van der Waals surface area contributed by atoms with Gasteiger partial charge in [-0.25, -0.2) is 9.97 Å². The number of halogens is 1. The van der Waals surface area contributed by atoms with Crippen molar-refractivity contribution in [3.8, 4) is 17.0 Å². The lowest BCUT2D eigenvalue weighted by Crippen LogP contribution is -2.35. The first-order valence-electron chi connectivity index (χ1n) is 8.46. The number of ether oxygens (including phenoxy) is 1. The van der Waals surface area contributed by atoms with Crippen molar-refractivity contribution in [2.45, 2.75) is 31.7 Å². The quantitative estimate of drug-likeness (QED) is 0.734. The molecule has 0 bridgehead atoms.